The van der Waals surface area contributed by atoms with E-state index < -0.39 is 4.92 Å². The van der Waals surface area contributed by atoms with Crippen molar-refractivity contribution in [1.29, 1.82) is 0 Å². The minimum Gasteiger partial charge on any atom is -0.373 e. The van der Waals surface area contributed by atoms with Gasteiger partial charge in [0.2, 0.25) is 0 Å². The molecule has 1 N–H and O–H groups in total. The smallest absolute Gasteiger partial charge is 0.286 e. The van der Waals surface area contributed by atoms with E-state index in [0.29, 0.717) is 5.82 Å². The highest BCUT2D eigenvalue weighted by molar-refractivity contribution is 9.10. The topological polar surface area (TPSA) is 90.1 Å². The van der Waals surface area contributed by atoms with E-state index in [1.807, 2.05) is 0 Å². The average Bonchev–Trinajstić information content (AvgIpc) is 2.44. The fourth-order valence-corrected chi connectivity index (χ4v) is 2.13. The van der Waals surface area contributed by atoms with Crippen molar-refractivity contribution in [3.05, 3.63) is 61.1 Å². The van der Waals surface area contributed by atoms with Crippen molar-refractivity contribution in [3.63, 3.8) is 0 Å². The van der Waals surface area contributed by atoms with Gasteiger partial charge in [-0.05, 0) is 27.6 Å². The molecule has 104 valence electrons. The second kappa shape index (κ2) is 5.83. The van der Waals surface area contributed by atoms with E-state index in [1.54, 1.807) is 25.4 Å². The number of nitro groups is 1. The highest BCUT2D eigenvalue weighted by Crippen LogP contribution is 2.15. The third-order valence-electron chi connectivity index (χ3n) is 2.67. The van der Waals surface area contributed by atoms with E-state index in [-0.39, 0.29) is 22.3 Å². The molecule has 0 aliphatic carbocycles. The van der Waals surface area contributed by atoms with Crippen LogP contribution in [0.2, 0.25) is 0 Å². The van der Waals surface area contributed by atoms with Gasteiger partial charge in [-0.25, -0.2) is 4.98 Å². The molecule has 0 fully saturated rings. The predicted molar refractivity (Wildman–Crippen MR) is 77.9 cm³/mol. The molecule has 8 heteroatoms. The number of aromatic nitrogens is 2. The van der Waals surface area contributed by atoms with Crippen molar-refractivity contribution in [3.8, 4) is 0 Å². The molecule has 20 heavy (non-hydrogen) atoms. The summed E-state index contributed by atoms with van der Waals surface area (Å²) in [6.07, 6.45) is 2.84. The number of hydrogen-bond donors (Lipinski definition) is 1. The molecule has 0 aliphatic rings. The fourth-order valence-electron chi connectivity index (χ4n) is 1.66. The predicted octanol–water partition coefficient (Wildman–Crippen LogP) is 2.00. The van der Waals surface area contributed by atoms with Gasteiger partial charge >= 0.3 is 0 Å². The zero-order chi connectivity index (χ0) is 14.7. The maximum atomic E-state index is 11.9. The van der Waals surface area contributed by atoms with Gasteiger partial charge in [0.25, 0.3) is 11.2 Å². The Kier molecular flexibility index (Phi) is 4.14. The molecule has 2 aromatic heterocycles. The zero-order valence-electron chi connectivity index (χ0n) is 10.5. The van der Waals surface area contributed by atoms with Gasteiger partial charge in [-0.1, -0.05) is 6.07 Å². The van der Waals surface area contributed by atoms with Gasteiger partial charge in [0, 0.05) is 19.3 Å². The molecule has 0 unspecified atom stereocenters. The second-order valence-electron chi connectivity index (χ2n) is 4.04. The summed E-state index contributed by atoms with van der Waals surface area (Å²) in [6, 6.07) is 4.77. The number of anilines is 1. The summed E-state index contributed by atoms with van der Waals surface area (Å²) in [7, 11) is 1.75. The van der Waals surface area contributed by atoms with Crippen molar-refractivity contribution in [2.45, 2.75) is 6.54 Å². The Bertz CT molecular complexity index is 697. The van der Waals surface area contributed by atoms with Gasteiger partial charge < -0.3 is 9.88 Å². The first kappa shape index (κ1) is 14.2. The van der Waals surface area contributed by atoms with Gasteiger partial charge in [-0.15, -0.1) is 0 Å². The van der Waals surface area contributed by atoms with E-state index >= 15 is 0 Å². The van der Waals surface area contributed by atoms with Crippen molar-refractivity contribution in [2.24, 2.45) is 0 Å². The number of halogens is 1. The van der Waals surface area contributed by atoms with Crippen LogP contribution in [0.3, 0.4) is 0 Å². The molecule has 0 amide bonds. The van der Waals surface area contributed by atoms with Gasteiger partial charge in [0.1, 0.15) is 5.82 Å². The van der Waals surface area contributed by atoms with Gasteiger partial charge in [-0.3, -0.25) is 14.9 Å². The molecule has 2 aromatic rings. The molecular formula is C12H11BrN4O3. The minimum absolute atomic E-state index is 0.142. The summed E-state index contributed by atoms with van der Waals surface area (Å²) in [5.74, 6) is 0.710. The van der Waals surface area contributed by atoms with Crippen LogP contribution in [0.4, 0.5) is 11.5 Å². The van der Waals surface area contributed by atoms with E-state index in [2.05, 4.69) is 26.2 Å². The Morgan fingerprint density at radius 2 is 2.25 bits per heavy atom. The number of pyridine rings is 2. The van der Waals surface area contributed by atoms with Gasteiger partial charge in [-0.2, -0.15) is 0 Å². The van der Waals surface area contributed by atoms with Crippen LogP contribution >= 0.6 is 15.9 Å². The van der Waals surface area contributed by atoms with E-state index in [1.165, 1.54) is 16.8 Å². The number of rotatable bonds is 4. The average molecular weight is 339 g/mol. The summed E-state index contributed by atoms with van der Waals surface area (Å²) in [5, 5.41) is 13.7. The molecule has 2 heterocycles. The van der Waals surface area contributed by atoms with Crippen LogP contribution in [0.25, 0.3) is 0 Å². The molecule has 0 saturated heterocycles. The van der Waals surface area contributed by atoms with Gasteiger partial charge in [0.15, 0.2) is 0 Å². The molecule has 0 bridgehead atoms. The molecule has 0 spiro atoms. The number of nitrogens with one attached hydrogen (secondary N) is 1. The summed E-state index contributed by atoms with van der Waals surface area (Å²) in [4.78, 5) is 26.3. The van der Waals surface area contributed by atoms with Crippen molar-refractivity contribution in [1.82, 2.24) is 9.55 Å². The standard InChI is InChI=1S/C12H11BrN4O3/c1-14-11-3-2-8(5-15-11)6-16-7-9(17(19)20)4-10(13)12(16)18/h2-5,7H,6H2,1H3,(H,14,15). The van der Waals surface area contributed by atoms with Crippen molar-refractivity contribution < 1.29 is 4.92 Å². The highest BCUT2D eigenvalue weighted by atomic mass is 79.9. The summed E-state index contributed by atoms with van der Waals surface area (Å²) >= 11 is 3.04. The zero-order valence-corrected chi connectivity index (χ0v) is 12.1. The first-order valence-corrected chi connectivity index (χ1v) is 6.47. The molecule has 0 saturated carbocycles. The SMILES string of the molecule is CNc1ccc(Cn2cc([N+](=O)[O-])cc(Br)c2=O)cn1. The van der Waals surface area contributed by atoms with Crippen LogP contribution in [-0.4, -0.2) is 21.5 Å². The first-order valence-electron chi connectivity index (χ1n) is 5.68. The van der Waals surface area contributed by atoms with Gasteiger partial charge in [0.05, 0.1) is 22.1 Å². The third-order valence-corrected chi connectivity index (χ3v) is 3.24. The Balaban J connectivity index is 2.36. The summed E-state index contributed by atoms with van der Waals surface area (Å²) < 4.78 is 1.43. The second-order valence-corrected chi connectivity index (χ2v) is 4.89. The fraction of sp³-hybridized carbons (Fsp3) is 0.167. The maximum Gasteiger partial charge on any atom is 0.286 e. The largest absolute Gasteiger partial charge is 0.373 e. The van der Waals surface area contributed by atoms with Crippen LogP contribution in [0.15, 0.2) is 39.9 Å². The van der Waals surface area contributed by atoms with Crippen molar-refractivity contribution in [2.75, 3.05) is 12.4 Å². The Hall–Kier alpha value is -2.22. The number of nitrogens with zero attached hydrogens (tertiary/aromatic N) is 3. The normalized spacial score (nSPS) is 10.3. The summed E-state index contributed by atoms with van der Waals surface area (Å²) in [6.45, 7) is 0.218. The lowest BCUT2D eigenvalue weighted by atomic mass is 10.2. The Morgan fingerprint density at radius 1 is 1.50 bits per heavy atom. The first-order chi connectivity index (χ1) is 9.51. The Morgan fingerprint density at radius 3 is 2.80 bits per heavy atom. The Labute approximate surface area is 122 Å². The van der Waals surface area contributed by atoms with Crippen LogP contribution < -0.4 is 10.9 Å². The van der Waals surface area contributed by atoms with E-state index in [0.717, 1.165) is 5.56 Å². The molecular weight excluding hydrogens is 328 g/mol. The monoisotopic (exact) mass is 338 g/mol. The molecule has 7 nitrogen and oxygen atoms in total. The van der Waals surface area contributed by atoms with E-state index in [9.17, 15) is 14.9 Å². The van der Waals surface area contributed by atoms with Crippen molar-refractivity contribution >= 4 is 27.4 Å². The minimum atomic E-state index is -0.539. The highest BCUT2D eigenvalue weighted by Gasteiger charge is 2.12. The molecule has 0 radical (unpaired) electrons. The lowest BCUT2D eigenvalue weighted by Crippen LogP contribution is -2.21. The van der Waals surface area contributed by atoms with E-state index in [4.69, 9.17) is 0 Å². The van der Waals surface area contributed by atoms with Crippen LogP contribution in [-0.2, 0) is 6.54 Å². The maximum absolute atomic E-state index is 11.9. The van der Waals surface area contributed by atoms with Crippen LogP contribution in [0.1, 0.15) is 5.56 Å². The third kappa shape index (κ3) is 3.02. The quantitative estimate of drug-likeness (QED) is 0.680. The molecule has 0 aromatic carbocycles. The van der Waals surface area contributed by atoms with Crippen LogP contribution in [0, 0.1) is 10.1 Å². The molecule has 2 rings (SSSR count). The lowest BCUT2D eigenvalue weighted by Gasteiger charge is -2.07. The molecule has 0 aliphatic heterocycles. The molecule has 0 atom stereocenters. The number of hydrogen-bond acceptors (Lipinski definition) is 5. The lowest BCUT2D eigenvalue weighted by molar-refractivity contribution is -0.385. The van der Waals surface area contributed by atoms with Crippen LogP contribution in [0.5, 0.6) is 0 Å². The summed E-state index contributed by atoms with van der Waals surface area (Å²) in [5.41, 5.74) is 0.308.